The Hall–Kier alpha value is -1.29. The molecule has 0 spiro atoms. The molecule has 0 unspecified atom stereocenters. The van der Waals surface area contributed by atoms with Crippen LogP contribution in [0.4, 0.5) is 5.69 Å². The van der Waals surface area contributed by atoms with E-state index in [4.69, 9.17) is 5.73 Å². The first-order chi connectivity index (χ1) is 5.29. The Balaban J connectivity index is 2.93. The quantitative estimate of drug-likeness (QED) is 0.461. The Morgan fingerprint density at radius 1 is 1.45 bits per heavy atom. The molecule has 1 aromatic carbocycles. The van der Waals surface area contributed by atoms with Crippen LogP contribution in [0, 0.1) is 0 Å². The van der Waals surface area contributed by atoms with Gasteiger partial charge in [0.2, 0.25) is 0 Å². The molecule has 0 fully saturated rings. The van der Waals surface area contributed by atoms with Gasteiger partial charge in [-0.25, -0.2) is 4.98 Å². The average Bonchev–Trinajstić information content (AvgIpc) is 2.45. The van der Waals surface area contributed by atoms with E-state index in [0.717, 1.165) is 10.2 Å². The van der Waals surface area contributed by atoms with Crippen LogP contribution in [0.1, 0.15) is 0 Å². The average molecular weight is 166 g/mol. The Kier molecular flexibility index (Phi) is 1.22. The van der Waals surface area contributed by atoms with Crippen molar-refractivity contribution in [3.63, 3.8) is 0 Å². The maximum Gasteiger partial charge on any atom is 0.140 e. The SMILES string of the molecule is Nc1c(O)ccc2ncsc12. The summed E-state index contributed by atoms with van der Waals surface area (Å²) >= 11 is 1.43. The summed E-state index contributed by atoms with van der Waals surface area (Å²) in [4.78, 5) is 4.05. The van der Waals surface area contributed by atoms with Crippen molar-refractivity contribution in [2.75, 3.05) is 5.73 Å². The molecule has 3 nitrogen and oxygen atoms in total. The lowest BCUT2D eigenvalue weighted by molar-refractivity contribution is 0.479. The summed E-state index contributed by atoms with van der Waals surface area (Å²) in [5.74, 6) is 0.127. The Morgan fingerprint density at radius 3 is 3.09 bits per heavy atom. The van der Waals surface area contributed by atoms with Gasteiger partial charge in [-0.15, -0.1) is 11.3 Å². The Morgan fingerprint density at radius 2 is 2.27 bits per heavy atom. The second kappa shape index (κ2) is 2.10. The van der Waals surface area contributed by atoms with Crippen molar-refractivity contribution in [1.29, 1.82) is 0 Å². The first-order valence-corrected chi connectivity index (χ1v) is 3.97. The fraction of sp³-hybridized carbons (Fsp3) is 0. The van der Waals surface area contributed by atoms with Crippen molar-refractivity contribution < 1.29 is 5.11 Å². The minimum absolute atomic E-state index is 0.127. The predicted octanol–water partition coefficient (Wildman–Crippen LogP) is 1.58. The zero-order valence-electron chi connectivity index (χ0n) is 5.61. The van der Waals surface area contributed by atoms with E-state index in [0.29, 0.717) is 5.69 Å². The standard InChI is InChI=1S/C7H6N2OS/c8-6-5(10)2-1-4-7(6)11-3-9-4/h1-3,10H,8H2. The lowest BCUT2D eigenvalue weighted by Crippen LogP contribution is -1.84. The van der Waals surface area contributed by atoms with Crippen LogP contribution in [0.25, 0.3) is 10.2 Å². The largest absolute Gasteiger partial charge is 0.506 e. The molecule has 56 valence electrons. The van der Waals surface area contributed by atoms with Crippen molar-refractivity contribution in [1.82, 2.24) is 4.98 Å². The number of anilines is 1. The first kappa shape index (κ1) is 6.42. The summed E-state index contributed by atoms with van der Waals surface area (Å²) in [6, 6.07) is 3.30. The van der Waals surface area contributed by atoms with Gasteiger partial charge in [0.15, 0.2) is 0 Å². The van der Waals surface area contributed by atoms with E-state index in [1.54, 1.807) is 17.6 Å². The van der Waals surface area contributed by atoms with Crippen LogP contribution in [0.15, 0.2) is 17.6 Å². The first-order valence-electron chi connectivity index (χ1n) is 3.09. The third kappa shape index (κ3) is 0.832. The molecule has 3 N–H and O–H groups in total. The topological polar surface area (TPSA) is 59.1 Å². The monoisotopic (exact) mass is 166 g/mol. The minimum atomic E-state index is 0.127. The van der Waals surface area contributed by atoms with Gasteiger partial charge in [0, 0.05) is 0 Å². The van der Waals surface area contributed by atoms with Gasteiger partial charge >= 0.3 is 0 Å². The number of thiazole rings is 1. The van der Waals surface area contributed by atoms with Crippen LogP contribution >= 0.6 is 11.3 Å². The van der Waals surface area contributed by atoms with Gasteiger partial charge in [-0.3, -0.25) is 0 Å². The Bertz CT molecular complexity index is 396. The lowest BCUT2D eigenvalue weighted by atomic mass is 10.3. The molecular formula is C7H6N2OS. The summed E-state index contributed by atoms with van der Waals surface area (Å²) in [5.41, 5.74) is 8.55. The van der Waals surface area contributed by atoms with Gasteiger partial charge in [-0.1, -0.05) is 0 Å². The van der Waals surface area contributed by atoms with E-state index < -0.39 is 0 Å². The van der Waals surface area contributed by atoms with Gasteiger partial charge in [-0.2, -0.15) is 0 Å². The van der Waals surface area contributed by atoms with E-state index in [1.165, 1.54) is 11.3 Å². The molecular weight excluding hydrogens is 160 g/mol. The fourth-order valence-corrected chi connectivity index (χ4v) is 1.68. The summed E-state index contributed by atoms with van der Waals surface area (Å²) in [6.07, 6.45) is 0. The molecule has 0 aliphatic rings. The van der Waals surface area contributed by atoms with Gasteiger partial charge in [0.25, 0.3) is 0 Å². The van der Waals surface area contributed by atoms with Crippen molar-refractivity contribution >= 4 is 27.2 Å². The molecule has 0 atom stereocenters. The highest BCUT2D eigenvalue weighted by Crippen LogP contribution is 2.31. The van der Waals surface area contributed by atoms with Crippen molar-refractivity contribution in [2.24, 2.45) is 0 Å². The second-order valence-corrected chi connectivity index (χ2v) is 3.05. The highest BCUT2D eigenvalue weighted by molar-refractivity contribution is 7.17. The van der Waals surface area contributed by atoms with E-state index in [1.807, 2.05) is 0 Å². The summed E-state index contributed by atoms with van der Waals surface area (Å²) in [7, 11) is 0. The summed E-state index contributed by atoms with van der Waals surface area (Å²) in [5, 5.41) is 9.19. The molecule has 0 bridgehead atoms. The minimum Gasteiger partial charge on any atom is -0.506 e. The number of aromatic hydroxyl groups is 1. The van der Waals surface area contributed by atoms with Gasteiger partial charge in [0.1, 0.15) is 5.75 Å². The summed E-state index contributed by atoms with van der Waals surface area (Å²) < 4.78 is 0.852. The molecule has 0 amide bonds. The van der Waals surface area contributed by atoms with Gasteiger partial charge in [0.05, 0.1) is 21.4 Å². The number of phenols is 1. The molecule has 0 saturated heterocycles. The molecule has 0 aliphatic carbocycles. The number of fused-ring (bicyclic) bond motifs is 1. The van der Waals surface area contributed by atoms with Crippen LogP contribution in [0.5, 0.6) is 5.75 Å². The van der Waals surface area contributed by atoms with E-state index in [9.17, 15) is 5.11 Å². The maximum absolute atomic E-state index is 9.19. The van der Waals surface area contributed by atoms with E-state index >= 15 is 0 Å². The van der Waals surface area contributed by atoms with Crippen LogP contribution in [-0.2, 0) is 0 Å². The van der Waals surface area contributed by atoms with E-state index in [2.05, 4.69) is 4.98 Å². The number of phenolic OH excluding ortho intramolecular Hbond substituents is 1. The van der Waals surface area contributed by atoms with Crippen molar-refractivity contribution in [3.8, 4) is 5.75 Å². The highest BCUT2D eigenvalue weighted by Gasteiger charge is 2.03. The lowest BCUT2D eigenvalue weighted by Gasteiger charge is -1.96. The van der Waals surface area contributed by atoms with Crippen LogP contribution in [0.3, 0.4) is 0 Å². The number of benzene rings is 1. The number of nitrogens with two attached hydrogens (primary N) is 1. The molecule has 1 heterocycles. The zero-order valence-corrected chi connectivity index (χ0v) is 6.43. The smallest absolute Gasteiger partial charge is 0.140 e. The molecule has 0 aliphatic heterocycles. The molecule has 1 aromatic heterocycles. The Labute approximate surface area is 67.1 Å². The van der Waals surface area contributed by atoms with Gasteiger partial charge in [-0.05, 0) is 12.1 Å². The second-order valence-electron chi connectivity index (χ2n) is 2.20. The normalized spacial score (nSPS) is 10.5. The highest BCUT2D eigenvalue weighted by atomic mass is 32.1. The van der Waals surface area contributed by atoms with Crippen molar-refractivity contribution in [2.45, 2.75) is 0 Å². The molecule has 4 heteroatoms. The third-order valence-electron chi connectivity index (χ3n) is 1.51. The molecule has 11 heavy (non-hydrogen) atoms. The molecule has 2 aromatic rings. The fourth-order valence-electron chi connectivity index (χ4n) is 0.939. The number of nitrogen functional groups attached to an aromatic ring is 1. The van der Waals surface area contributed by atoms with Crippen LogP contribution < -0.4 is 5.73 Å². The molecule has 2 rings (SSSR count). The maximum atomic E-state index is 9.19. The van der Waals surface area contributed by atoms with Crippen LogP contribution in [-0.4, -0.2) is 10.1 Å². The number of hydrogen-bond acceptors (Lipinski definition) is 4. The molecule has 0 radical (unpaired) electrons. The van der Waals surface area contributed by atoms with Crippen molar-refractivity contribution in [3.05, 3.63) is 17.6 Å². The van der Waals surface area contributed by atoms with Gasteiger partial charge < -0.3 is 10.8 Å². The number of nitrogens with zero attached hydrogens (tertiary/aromatic N) is 1. The number of aromatic nitrogens is 1. The molecule has 0 saturated carbocycles. The third-order valence-corrected chi connectivity index (χ3v) is 2.39. The van der Waals surface area contributed by atoms with E-state index in [-0.39, 0.29) is 5.75 Å². The zero-order chi connectivity index (χ0) is 7.84. The summed E-state index contributed by atoms with van der Waals surface area (Å²) in [6.45, 7) is 0. The van der Waals surface area contributed by atoms with Crippen LogP contribution in [0.2, 0.25) is 0 Å². The number of hydrogen-bond donors (Lipinski definition) is 2. The number of rotatable bonds is 0. The predicted molar refractivity (Wildman–Crippen MR) is 45.7 cm³/mol.